The topological polar surface area (TPSA) is 201 Å². The van der Waals surface area contributed by atoms with Crippen LogP contribution in [0.15, 0.2) is 60.7 Å². The number of thiocarbonyl (C=S) groups is 1. The third-order valence-corrected chi connectivity index (χ3v) is 15.1. The Labute approximate surface area is 480 Å². The molecule has 2 aliphatic heterocycles. The number of thiazole rings is 1. The van der Waals surface area contributed by atoms with Gasteiger partial charge in [0.15, 0.2) is 28.7 Å². The number of fused-ring (bicyclic) bond motifs is 2. The summed E-state index contributed by atoms with van der Waals surface area (Å²) in [6.07, 6.45) is 2.51. The molecule has 1 unspecified atom stereocenters. The van der Waals surface area contributed by atoms with Crippen LogP contribution in [-0.4, -0.2) is 115 Å². The van der Waals surface area contributed by atoms with Crippen LogP contribution in [0.4, 0.5) is 27.2 Å². The largest absolute Gasteiger partial charge is 0.444 e. The molecule has 428 valence electrons. The van der Waals surface area contributed by atoms with Gasteiger partial charge in [-0.15, -0.1) is 31.7 Å². The molecule has 24 heteroatoms. The third-order valence-electron chi connectivity index (χ3n) is 12.7. The number of carbonyl (C=O) groups is 3. The minimum atomic E-state index is -0.907. The zero-order valence-electron chi connectivity index (χ0n) is 46.9. The molecule has 2 N–H and O–H groups in total. The van der Waals surface area contributed by atoms with Crippen molar-refractivity contribution in [2.45, 2.75) is 142 Å². The molecule has 0 saturated carbocycles. The summed E-state index contributed by atoms with van der Waals surface area (Å²) >= 11 is 9.66. The smallest absolute Gasteiger partial charge is 0.410 e. The summed E-state index contributed by atoms with van der Waals surface area (Å²) < 4.78 is 69.8. The van der Waals surface area contributed by atoms with Gasteiger partial charge in [-0.05, 0) is 116 Å². The predicted molar refractivity (Wildman–Crippen MR) is 305 cm³/mol. The Bertz CT molecular complexity index is 3400. The lowest BCUT2D eigenvalue weighted by Gasteiger charge is -2.33. The number of Topliss-reactive ketones (excluding diaryl/α,β-unsaturated/α-hetero) is 1. The Kier molecular flexibility index (Phi) is 18.5. The van der Waals surface area contributed by atoms with E-state index in [2.05, 4.69) is 41.4 Å². The minimum absolute atomic E-state index is 0.0773. The van der Waals surface area contributed by atoms with Gasteiger partial charge in [0.2, 0.25) is 0 Å². The molecule has 7 aromatic rings. The number of ether oxygens (including phenoxy) is 2. The maximum atomic E-state index is 15.0. The summed E-state index contributed by atoms with van der Waals surface area (Å²) in [4.78, 5) is 45.5. The van der Waals surface area contributed by atoms with E-state index < -0.39 is 45.1 Å². The molecule has 2 aromatic carbocycles. The molecule has 2 saturated heterocycles. The first-order valence-electron chi connectivity index (χ1n) is 26.1. The van der Waals surface area contributed by atoms with Crippen molar-refractivity contribution in [2.24, 2.45) is 11.7 Å². The molecule has 2 aliphatic rings. The summed E-state index contributed by atoms with van der Waals surface area (Å²) in [5.41, 5.74) is 6.57. The molecule has 2 amide bonds. The Balaban J connectivity index is 0.000000192. The second kappa shape index (κ2) is 24.3. The lowest BCUT2D eigenvalue weighted by atomic mass is 9.96. The molecular weight excluding hydrogens is 1140 g/mol. The van der Waals surface area contributed by atoms with Crippen molar-refractivity contribution < 1.29 is 41.4 Å². The van der Waals surface area contributed by atoms with Gasteiger partial charge >= 0.3 is 12.2 Å². The fourth-order valence-electron chi connectivity index (χ4n) is 8.60. The number of piperidine rings is 2. The molecule has 2 fully saturated rings. The van der Waals surface area contributed by atoms with Crippen LogP contribution in [-0.2, 0) is 20.3 Å². The summed E-state index contributed by atoms with van der Waals surface area (Å²) in [6, 6.07) is 13.3. The van der Waals surface area contributed by atoms with Crippen molar-refractivity contribution in [3.8, 4) is 21.8 Å². The SMILES string of the molecule is CC(C)(C)OC(=O)N1CCC(C(N)=S)CC1.CC(C)(C)OC(=O)N1CCC(c2nc(-c3ccc(F)cc3F)c(-c3ccc4nnc(C(C)(C)C)n4n3)s2)CC1.CC(C)(C)c1nnc2ccc(C(Br)C(=O)c3ccc(F)cc3F)nn12. The quantitative estimate of drug-likeness (QED) is 0.0683. The molecule has 0 bridgehead atoms. The van der Waals surface area contributed by atoms with Crippen molar-refractivity contribution in [2.75, 3.05) is 26.2 Å². The lowest BCUT2D eigenvalue weighted by molar-refractivity contribution is 0.0193. The van der Waals surface area contributed by atoms with Crippen LogP contribution in [0.3, 0.4) is 0 Å². The van der Waals surface area contributed by atoms with Crippen molar-refractivity contribution in [1.82, 2.24) is 54.4 Å². The fraction of sp³-hybridized carbons (Fsp3) is 0.482. The van der Waals surface area contributed by atoms with Crippen molar-refractivity contribution in [1.29, 1.82) is 0 Å². The normalized spacial score (nSPS) is 15.2. The predicted octanol–water partition coefficient (Wildman–Crippen LogP) is 12.5. The van der Waals surface area contributed by atoms with Gasteiger partial charge in [-0.3, -0.25) is 4.79 Å². The van der Waals surface area contributed by atoms with E-state index in [1.165, 1.54) is 23.5 Å². The Morgan fingerprint density at radius 2 is 1.15 bits per heavy atom. The van der Waals surface area contributed by atoms with Crippen LogP contribution < -0.4 is 5.73 Å². The number of halogens is 5. The van der Waals surface area contributed by atoms with Gasteiger partial charge in [0, 0.05) is 66.5 Å². The number of alkyl halides is 1. The monoisotopic (exact) mass is 1210 g/mol. The van der Waals surface area contributed by atoms with Crippen LogP contribution in [0.5, 0.6) is 0 Å². The van der Waals surface area contributed by atoms with Crippen LogP contribution in [0, 0.1) is 29.2 Å². The van der Waals surface area contributed by atoms with E-state index in [9.17, 15) is 27.6 Å². The van der Waals surface area contributed by atoms with E-state index in [1.807, 2.05) is 95.2 Å². The van der Waals surface area contributed by atoms with Crippen molar-refractivity contribution in [3.05, 3.63) is 112 Å². The highest BCUT2D eigenvalue weighted by molar-refractivity contribution is 9.09. The summed E-state index contributed by atoms with van der Waals surface area (Å²) in [6.45, 7) is 25.6. The van der Waals surface area contributed by atoms with Gasteiger partial charge in [0.1, 0.15) is 45.0 Å². The zero-order chi connectivity index (χ0) is 58.8. The molecule has 17 nitrogen and oxygen atoms in total. The first kappa shape index (κ1) is 61.1. The van der Waals surface area contributed by atoms with Gasteiger partial charge in [-0.2, -0.15) is 19.2 Å². The highest BCUT2D eigenvalue weighted by Gasteiger charge is 2.33. The number of benzene rings is 2. The number of ketones is 1. The van der Waals surface area contributed by atoms with Crippen molar-refractivity contribution in [3.63, 3.8) is 0 Å². The third kappa shape index (κ3) is 15.1. The van der Waals surface area contributed by atoms with Crippen molar-refractivity contribution >= 4 is 73.7 Å². The van der Waals surface area contributed by atoms with Crippen LogP contribution >= 0.6 is 39.5 Å². The number of likely N-dealkylation sites (tertiary alicyclic amines) is 2. The summed E-state index contributed by atoms with van der Waals surface area (Å²) in [7, 11) is 0. The number of amides is 2. The summed E-state index contributed by atoms with van der Waals surface area (Å²) in [5, 5.41) is 26.8. The van der Waals surface area contributed by atoms with Gasteiger partial charge in [-0.1, -0.05) is 69.7 Å². The molecule has 80 heavy (non-hydrogen) atoms. The van der Waals surface area contributed by atoms with Crippen LogP contribution in [0.2, 0.25) is 0 Å². The molecule has 0 spiro atoms. The van der Waals surface area contributed by atoms with E-state index in [0.29, 0.717) is 95.0 Å². The maximum Gasteiger partial charge on any atom is 0.410 e. The molecule has 7 heterocycles. The van der Waals surface area contributed by atoms with E-state index in [-0.39, 0.29) is 46.0 Å². The van der Waals surface area contributed by atoms with Gasteiger partial charge < -0.3 is 25.0 Å². The first-order chi connectivity index (χ1) is 37.3. The van der Waals surface area contributed by atoms with Gasteiger partial charge in [-0.25, -0.2) is 32.1 Å². The number of hydrogen-bond donors (Lipinski definition) is 1. The Hall–Kier alpha value is -6.53. The fourth-order valence-corrected chi connectivity index (χ4v) is 10.5. The van der Waals surface area contributed by atoms with Crippen LogP contribution in [0.1, 0.15) is 152 Å². The van der Waals surface area contributed by atoms with E-state index in [4.69, 9.17) is 37.5 Å². The number of nitrogens with zero attached hydrogens (tertiary/aromatic N) is 11. The Morgan fingerprint density at radius 1 is 0.662 bits per heavy atom. The first-order valence-corrected chi connectivity index (χ1v) is 28.2. The molecule has 0 radical (unpaired) electrons. The number of carbonyl (C=O) groups excluding carboxylic acids is 3. The molecular formula is C56H67BrF4N12O5S2. The second-order valence-electron chi connectivity index (χ2n) is 23.7. The minimum Gasteiger partial charge on any atom is -0.444 e. The average molecular weight is 1210 g/mol. The lowest BCUT2D eigenvalue weighted by Crippen LogP contribution is -2.43. The molecule has 1 atom stereocenters. The number of rotatable bonds is 7. The number of nitrogens with two attached hydrogens (primary N) is 1. The molecule has 5 aromatic heterocycles. The van der Waals surface area contributed by atoms with Gasteiger partial charge in [0.25, 0.3) is 0 Å². The van der Waals surface area contributed by atoms with Crippen LogP contribution in [0.25, 0.3) is 33.1 Å². The number of hydrogen-bond acceptors (Lipinski definition) is 14. The highest BCUT2D eigenvalue weighted by atomic mass is 79.9. The molecule has 9 rings (SSSR count). The Morgan fingerprint density at radius 3 is 1.64 bits per heavy atom. The zero-order valence-corrected chi connectivity index (χ0v) is 50.1. The number of aromatic nitrogens is 9. The van der Waals surface area contributed by atoms with E-state index in [1.54, 1.807) is 31.0 Å². The van der Waals surface area contributed by atoms with Gasteiger partial charge in [0.05, 0.1) is 31.8 Å². The highest BCUT2D eigenvalue weighted by Crippen LogP contribution is 2.42. The van der Waals surface area contributed by atoms with E-state index >= 15 is 4.39 Å². The molecule has 0 aliphatic carbocycles. The standard InChI is InChI=1S/C28H32F2N6O2S.C17H15BrF2N4O.C11H20N2O2S/c1-27(2,3)25-33-32-21-10-9-20(34-36(21)25)23-22(18-8-7-17(29)15-19(18)30)31-24(39-23)16-11-13-35(14-12-16)26(37)38-28(4,5)6;1-17(2,3)16-22-21-13-7-6-12(23-24(13)16)14(18)15(25)10-5-4-9(19)8-11(10)20;1-11(2,3)15-10(14)13-6-4-8(5-7-13)9(12)16/h7-10,15-16H,11-14H2,1-6H3;4-8,14H,1-3H3;8H,4-7H2,1-3H3,(H2,12,16). The summed E-state index contributed by atoms with van der Waals surface area (Å²) in [5.74, 6) is -1.83. The maximum absolute atomic E-state index is 15.0. The second-order valence-corrected chi connectivity index (χ2v) is 26.1. The van der Waals surface area contributed by atoms with E-state index in [0.717, 1.165) is 36.0 Å². The average Bonchev–Trinajstić information content (AvgIpc) is 4.29.